The third-order valence-electron chi connectivity index (χ3n) is 2.57. The van der Waals surface area contributed by atoms with Crippen molar-refractivity contribution in [1.29, 1.82) is 0 Å². The van der Waals surface area contributed by atoms with E-state index in [1.54, 1.807) is 31.4 Å². The van der Waals surface area contributed by atoms with E-state index >= 15 is 0 Å². The number of ether oxygens (including phenoxy) is 1. The minimum atomic E-state index is -0.606. The maximum atomic E-state index is 11.7. The molecule has 2 amide bonds. The van der Waals surface area contributed by atoms with Gasteiger partial charge in [0.25, 0.3) is 0 Å². The second-order valence-corrected chi connectivity index (χ2v) is 4.22. The molecule has 1 aromatic carbocycles. The average molecular weight is 265 g/mol. The lowest BCUT2D eigenvalue weighted by atomic mass is 10.1. The van der Waals surface area contributed by atoms with Crippen molar-refractivity contribution in [2.75, 3.05) is 19.0 Å². The molecule has 6 nitrogen and oxygen atoms in total. The Bertz CT molecular complexity index is 431. The Morgan fingerprint density at radius 1 is 1.32 bits per heavy atom. The van der Waals surface area contributed by atoms with Gasteiger partial charge in [0.1, 0.15) is 0 Å². The van der Waals surface area contributed by atoms with Crippen LogP contribution in [0.5, 0.6) is 0 Å². The Morgan fingerprint density at radius 2 is 1.95 bits per heavy atom. The lowest BCUT2D eigenvalue weighted by Gasteiger charge is -2.12. The second-order valence-electron chi connectivity index (χ2n) is 4.22. The molecule has 6 heteroatoms. The van der Waals surface area contributed by atoms with Crippen LogP contribution in [-0.2, 0) is 20.7 Å². The van der Waals surface area contributed by atoms with Crippen LogP contribution >= 0.6 is 0 Å². The summed E-state index contributed by atoms with van der Waals surface area (Å²) in [7, 11) is 1.56. The number of nitrogens with two attached hydrogens (primary N) is 2. The highest BCUT2D eigenvalue weighted by atomic mass is 16.5. The van der Waals surface area contributed by atoms with E-state index in [0.717, 1.165) is 5.56 Å². The first kappa shape index (κ1) is 15.1. The number of amides is 2. The number of anilines is 1. The smallest absolute Gasteiger partial charge is 0.241 e. The van der Waals surface area contributed by atoms with Crippen LogP contribution in [0.3, 0.4) is 0 Å². The molecule has 0 fully saturated rings. The molecule has 0 radical (unpaired) electrons. The molecule has 1 atom stereocenters. The van der Waals surface area contributed by atoms with Crippen molar-refractivity contribution in [2.45, 2.75) is 18.9 Å². The van der Waals surface area contributed by atoms with E-state index in [1.165, 1.54) is 0 Å². The number of carbonyl (C=O) groups excluding carboxylic acids is 2. The Morgan fingerprint density at radius 3 is 2.47 bits per heavy atom. The number of benzene rings is 1. The molecule has 0 aliphatic carbocycles. The minimum absolute atomic E-state index is 0.182. The van der Waals surface area contributed by atoms with E-state index in [9.17, 15) is 9.59 Å². The van der Waals surface area contributed by atoms with Gasteiger partial charge in [-0.1, -0.05) is 12.1 Å². The first-order chi connectivity index (χ1) is 9.02. The average Bonchev–Trinajstić information content (AvgIpc) is 2.37. The number of hydrogen-bond donors (Lipinski definition) is 3. The lowest BCUT2D eigenvalue weighted by Crippen LogP contribution is -2.36. The fraction of sp³-hybridized carbons (Fsp3) is 0.385. The molecular formula is C13H19N3O3. The highest BCUT2D eigenvalue weighted by Gasteiger charge is 2.13. The molecule has 0 aromatic heterocycles. The summed E-state index contributed by atoms with van der Waals surface area (Å²) >= 11 is 0. The van der Waals surface area contributed by atoms with Gasteiger partial charge in [0.2, 0.25) is 11.8 Å². The standard InChI is InChI=1S/C13H19N3O3/c1-19-7-6-11(14)13(18)16-10-4-2-9(3-5-10)8-12(15)17/h2-5,11H,6-8,14H2,1H3,(H2,15,17)(H,16,18). The van der Waals surface area contributed by atoms with Crippen molar-refractivity contribution < 1.29 is 14.3 Å². The van der Waals surface area contributed by atoms with E-state index in [4.69, 9.17) is 16.2 Å². The van der Waals surface area contributed by atoms with Crippen molar-refractivity contribution in [3.63, 3.8) is 0 Å². The normalized spacial score (nSPS) is 11.9. The summed E-state index contributed by atoms with van der Waals surface area (Å²) in [6.07, 6.45) is 0.643. The van der Waals surface area contributed by atoms with Crippen LogP contribution in [0, 0.1) is 0 Å². The summed E-state index contributed by atoms with van der Waals surface area (Å²) in [5, 5.41) is 2.70. The second kappa shape index (κ2) is 7.50. The van der Waals surface area contributed by atoms with E-state index in [1.807, 2.05) is 0 Å². The van der Waals surface area contributed by atoms with Crippen LogP contribution in [0.2, 0.25) is 0 Å². The highest BCUT2D eigenvalue weighted by molar-refractivity contribution is 5.94. The SMILES string of the molecule is COCCC(N)C(=O)Nc1ccc(CC(N)=O)cc1. The molecule has 1 rings (SSSR count). The van der Waals surface area contributed by atoms with Gasteiger partial charge in [0.05, 0.1) is 12.5 Å². The molecule has 0 saturated carbocycles. The van der Waals surface area contributed by atoms with Crippen LogP contribution in [0.15, 0.2) is 24.3 Å². The van der Waals surface area contributed by atoms with Gasteiger partial charge >= 0.3 is 0 Å². The van der Waals surface area contributed by atoms with E-state index in [-0.39, 0.29) is 12.3 Å². The van der Waals surface area contributed by atoms with Crippen LogP contribution in [0.25, 0.3) is 0 Å². The molecule has 19 heavy (non-hydrogen) atoms. The molecule has 0 aliphatic heterocycles. The zero-order chi connectivity index (χ0) is 14.3. The first-order valence-electron chi connectivity index (χ1n) is 5.95. The van der Waals surface area contributed by atoms with Crippen molar-refractivity contribution in [2.24, 2.45) is 11.5 Å². The molecule has 0 saturated heterocycles. The summed E-state index contributed by atoms with van der Waals surface area (Å²) < 4.78 is 4.86. The van der Waals surface area contributed by atoms with Gasteiger partial charge in [0, 0.05) is 19.4 Å². The molecule has 0 spiro atoms. The summed E-state index contributed by atoms with van der Waals surface area (Å²) in [6.45, 7) is 0.437. The molecule has 1 unspecified atom stereocenters. The third-order valence-corrected chi connectivity index (χ3v) is 2.57. The van der Waals surface area contributed by atoms with Gasteiger partial charge in [0.15, 0.2) is 0 Å². The number of carbonyl (C=O) groups is 2. The summed E-state index contributed by atoms with van der Waals surface area (Å²) in [6, 6.07) is 6.28. The maximum Gasteiger partial charge on any atom is 0.241 e. The van der Waals surface area contributed by atoms with E-state index in [2.05, 4.69) is 5.32 Å². The predicted molar refractivity (Wildman–Crippen MR) is 72.4 cm³/mol. The molecule has 5 N–H and O–H groups in total. The Kier molecular flexibility index (Phi) is 5.98. The van der Waals surface area contributed by atoms with Gasteiger partial charge in [-0.3, -0.25) is 9.59 Å². The number of methoxy groups -OCH3 is 1. The zero-order valence-electron chi connectivity index (χ0n) is 10.9. The fourth-order valence-electron chi connectivity index (χ4n) is 1.52. The van der Waals surface area contributed by atoms with Gasteiger partial charge in [-0.2, -0.15) is 0 Å². The van der Waals surface area contributed by atoms with Crippen molar-refractivity contribution in [1.82, 2.24) is 0 Å². The largest absolute Gasteiger partial charge is 0.385 e. The molecule has 0 aliphatic rings. The number of rotatable bonds is 7. The topological polar surface area (TPSA) is 107 Å². The quantitative estimate of drug-likeness (QED) is 0.645. The third kappa shape index (κ3) is 5.50. The van der Waals surface area contributed by atoms with Gasteiger partial charge in [-0.15, -0.1) is 0 Å². The Balaban J connectivity index is 2.52. The zero-order valence-corrected chi connectivity index (χ0v) is 10.9. The van der Waals surface area contributed by atoms with E-state index in [0.29, 0.717) is 18.7 Å². The Hall–Kier alpha value is -1.92. The maximum absolute atomic E-state index is 11.7. The molecule has 0 bridgehead atoms. The molecule has 0 heterocycles. The fourth-order valence-corrected chi connectivity index (χ4v) is 1.52. The summed E-state index contributed by atoms with van der Waals surface area (Å²) in [5.41, 5.74) is 12.2. The monoisotopic (exact) mass is 265 g/mol. The first-order valence-corrected chi connectivity index (χ1v) is 5.95. The minimum Gasteiger partial charge on any atom is -0.385 e. The predicted octanol–water partition coefficient (Wildman–Crippen LogP) is 0.0167. The summed E-state index contributed by atoms with van der Waals surface area (Å²) in [5.74, 6) is -0.655. The van der Waals surface area contributed by atoms with Crippen LogP contribution < -0.4 is 16.8 Å². The van der Waals surface area contributed by atoms with Crippen LogP contribution in [0.1, 0.15) is 12.0 Å². The lowest BCUT2D eigenvalue weighted by molar-refractivity contribution is -0.118. The van der Waals surface area contributed by atoms with Crippen LogP contribution in [0.4, 0.5) is 5.69 Å². The van der Waals surface area contributed by atoms with E-state index < -0.39 is 11.9 Å². The molecular weight excluding hydrogens is 246 g/mol. The van der Waals surface area contributed by atoms with Crippen molar-refractivity contribution in [3.8, 4) is 0 Å². The van der Waals surface area contributed by atoms with Crippen molar-refractivity contribution in [3.05, 3.63) is 29.8 Å². The van der Waals surface area contributed by atoms with Gasteiger partial charge < -0.3 is 21.5 Å². The van der Waals surface area contributed by atoms with Crippen LogP contribution in [-0.4, -0.2) is 31.6 Å². The number of nitrogens with one attached hydrogen (secondary N) is 1. The van der Waals surface area contributed by atoms with Gasteiger partial charge in [-0.05, 0) is 24.1 Å². The van der Waals surface area contributed by atoms with Crippen molar-refractivity contribution >= 4 is 17.5 Å². The molecule has 104 valence electrons. The van der Waals surface area contributed by atoms with Gasteiger partial charge in [-0.25, -0.2) is 0 Å². The summed E-state index contributed by atoms with van der Waals surface area (Å²) in [4.78, 5) is 22.5. The molecule has 1 aromatic rings. The Labute approximate surface area is 112 Å². The number of hydrogen-bond acceptors (Lipinski definition) is 4. The number of primary amides is 1. The highest BCUT2D eigenvalue weighted by Crippen LogP contribution is 2.10.